The highest BCUT2D eigenvalue weighted by Crippen LogP contribution is 2.52. The van der Waals surface area contributed by atoms with Gasteiger partial charge in [0.15, 0.2) is 20.6 Å². The van der Waals surface area contributed by atoms with Gasteiger partial charge >= 0.3 is 0 Å². The first-order valence-electron chi connectivity index (χ1n) is 11.4. The first-order chi connectivity index (χ1) is 18.2. The average Bonchev–Trinajstić information content (AvgIpc) is 3.71. The lowest BCUT2D eigenvalue weighted by Crippen LogP contribution is -2.41. The van der Waals surface area contributed by atoms with Crippen molar-refractivity contribution < 1.29 is 45.3 Å². The van der Waals surface area contributed by atoms with E-state index in [0.29, 0.717) is 34.9 Å². The van der Waals surface area contributed by atoms with Gasteiger partial charge in [-0.1, -0.05) is 18.2 Å². The number of methoxy groups -OCH3 is 1. The number of fused-ring (bicyclic) bond motifs is 1. The molecule has 2 aromatic carbocycles. The van der Waals surface area contributed by atoms with E-state index >= 15 is 0 Å². The summed E-state index contributed by atoms with van der Waals surface area (Å²) in [6.07, 6.45) is 1.69. The van der Waals surface area contributed by atoms with E-state index in [1.165, 1.54) is 43.6 Å². The lowest BCUT2D eigenvalue weighted by Gasteiger charge is -2.30. The van der Waals surface area contributed by atoms with E-state index in [9.17, 15) is 26.4 Å². The molecule has 1 amide bonds. The van der Waals surface area contributed by atoms with Crippen molar-refractivity contribution in [1.29, 1.82) is 0 Å². The fraction of sp³-hybridized carbons (Fsp3) is 0.360. The molecule has 1 fully saturated rings. The van der Waals surface area contributed by atoms with Crippen molar-refractivity contribution in [2.75, 3.05) is 27.7 Å². The Labute approximate surface area is 216 Å². The number of halogens is 3. The molecule has 13 heteroatoms. The van der Waals surface area contributed by atoms with Gasteiger partial charge in [0, 0.05) is 17.1 Å². The number of amides is 1. The highest BCUT2D eigenvalue weighted by Gasteiger charge is 2.54. The normalized spacial score (nSPS) is 14.8. The Morgan fingerprint density at radius 1 is 1.03 bits per heavy atom. The number of benzene rings is 2. The maximum Gasteiger partial charge on any atom is 0.293 e. The molecule has 38 heavy (non-hydrogen) atoms. The lowest BCUT2D eigenvalue weighted by atomic mass is 9.91. The SMILES string of the molecule is COc1ccc(CC(OCF)(OCF)OCF)cc1C1(C(=O)NS(=O)(=O)c2cccc3ncccc23)CC1. The highest BCUT2D eigenvalue weighted by atomic mass is 32.2. The van der Waals surface area contributed by atoms with E-state index in [2.05, 4.69) is 9.71 Å². The number of rotatable bonds is 13. The summed E-state index contributed by atoms with van der Waals surface area (Å²) in [5.41, 5.74) is -0.177. The number of hydrogen-bond acceptors (Lipinski definition) is 8. The van der Waals surface area contributed by atoms with E-state index in [4.69, 9.17) is 18.9 Å². The number of nitrogens with zero attached hydrogens (tertiary/aromatic N) is 1. The summed E-state index contributed by atoms with van der Waals surface area (Å²) in [6, 6.07) is 12.2. The smallest absolute Gasteiger partial charge is 0.293 e. The molecule has 1 aromatic heterocycles. The maximum atomic E-state index is 13.4. The Hall–Kier alpha value is -3.26. The Balaban J connectivity index is 1.66. The average molecular weight is 555 g/mol. The minimum atomic E-state index is -4.28. The first kappa shape index (κ1) is 27.8. The van der Waals surface area contributed by atoms with Gasteiger partial charge in [-0.05, 0) is 48.7 Å². The summed E-state index contributed by atoms with van der Waals surface area (Å²) in [7, 11) is -2.91. The summed E-state index contributed by atoms with van der Waals surface area (Å²) < 4.78 is 87.2. The second-order valence-corrected chi connectivity index (χ2v) is 10.1. The Morgan fingerprint density at radius 3 is 2.32 bits per heavy atom. The molecule has 0 spiro atoms. The molecule has 1 aliphatic carbocycles. The van der Waals surface area contributed by atoms with Crippen LogP contribution < -0.4 is 9.46 Å². The maximum absolute atomic E-state index is 13.4. The second kappa shape index (κ2) is 11.2. The van der Waals surface area contributed by atoms with Gasteiger partial charge < -0.3 is 4.74 Å². The van der Waals surface area contributed by atoms with Crippen LogP contribution in [-0.2, 0) is 40.9 Å². The molecular formula is C25H25F3N2O7S. The third-order valence-electron chi connectivity index (χ3n) is 6.33. The van der Waals surface area contributed by atoms with Gasteiger partial charge in [-0.2, -0.15) is 0 Å². The van der Waals surface area contributed by atoms with Gasteiger partial charge in [-0.25, -0.2) is 26.3 Å². The van der Waals surface area contributed by atoms with E-state index < -0.39 is 54.3 Å². The molecule has 1 aliphatic rings. The van der Waals surface area contributed by atoms with Gasteiger partial charge in [0.2, 0.25) is 5.91 Å². The molecule has 0 unspecified atom stereocenters. The van der Waals surface area contributed by atoms with Crippen molar-refractivity contribution in [3.8, 4) is 5.75 Å². The Kier molecular flexibility index (Phi) is 8.21. The van der Waals surface area contributed by atoms with Crippen LogP contribution in [0.15, 0.2) is 59.6 Å². The van der Waals surface area contributed by atoms with Gasteiger partial charge in [0.25, 0.3) is 16.0 Å². The van der Waals surface area contributed by atoms with Gasteiger partial charge in [-0.15, -0.1) is 0 Å². The third kappa shape index (κ3) is 5.46. The second-order valence-electron chi connectivity index (χ2n) is 8.50. The Bertz CT molecular complexity index is 1390. The van der Waals surface area contributed by atoms with Crippen molar-refractivity contribution in [3.05, 3.63) is 65.9 Å². The van der Waals surface area contributed by atoms with Gasteiger partial charge in [0.05, 0.1) is 29.4 Å². The molecule has 0 bridgehead atoms. The van der Waals surface area contributed by atoms with Crippen molar-refractivity contribution in [3.63, 3.8) is 0 Å². The molecule has 1 N–H and O–H groups in total. The quantitative estimate of drug-likeness (QED) is 0.318. The third-order valence-corrected chi connectivity index (χ3v) is 7.72. The number of carbonyl (C=O) groups excluding carboxylic acids is 1. The summed E-state index contributed by atoms with van der Waals surface area (Å²) in [4.78, 5) is 17.5. The molecule has 4 rings (SSSR count). The molecule has 0 atom stereocenters. The van der Waals surface area contributed by atoms with Crippen LogP contribution >= 0.6 is 0 Å². The van der Waals surface area contributed by atoms with E-state index in [-0.39, 0.29) is 10.6 Å². The monoisotopic (exact) mass is 554 g/mol. The lowest BCUT2D eigenvalue weighted by molar-refractivity contribution is -0.403. The number of ether oxygens (including phenoxy) is 4. The van der Waals surface area contributed by atoms with Crippen molar-refractivity contribution >= 4 is 26.8 Å². The fourth-order valence-corrected chi connectivity index (χ4v) is 5.61. The molecular weight excluding hydrogens is 529 g/mol. The molecule has 0 radical (unpaired) electrons. The zero-order valence-corrected chi connectivity index (χ0v) is 21.1. The number of nitrogens with one attached hydrogen (secondary N) is 1. The number of alkyl halides is 3. The summed E-state index contributed by atoms with van der Waals surface area (Å²) in [6.45, 7) is -4.34. The largest absolute Gasteiger partial charge is 0.496 e. The van der Waals surface area contributed by atoms with Gasteiger partial charge in [0.1, 0.15) is 5.75 Å². The number of pyridine rings is 1. The molecule has 0 saturated heterocycles. The van der Waals surface area contributed by atoms with Crippen LogP contribution in [0.5, 0.6) is 5.75 Å². The van der Waals surface area contributed by atoms with Crippen LogP contribution in [0.4, 0.5) is 13.2 Å². The molecule has 0 aliphatic heterocycles. The van der Waals surface area contributed by atoms with Crippen molar-refractivity contribution in [2.45, 2.75) is 35.5 Å². The van der Waals surface area contributed by atoms with Crippen LogP contribution in [0.2, 0.25) is 0 Å². The summed E-state index contributed by atoms with van der Waals surface area (Å²) in [5.74, 6) is -2.89. The molecule has 3 aromatic rings. The Morgan fingerprint density at radius 2 is 1.71 bits per heavy atom. The van der Waals surface area contributed by atoms with Crippen LogP contribution in [0.3, 0.4) is 0 Å². The minimum absolute atomic E-state index is 0.104. The van der Waals surface area contributed by atoms with Crippen molar-refractivity contribution in [2.24, 2.45) is 0 Å². The minimum Gasteiger partial charge on any atom is -0.496 e. The predicted molar refractivity (Wildman–Crippen MR) is 129 cm³/mol. The number of carbonyl (C=O) groups is 1. The van der Waals surface area contributed by atoms with Gasteiger partial charge in [-0.3, -0.25) is 24.0 Å². The number of aromatic nitrogens is 1. The summed E-state index contributed by atoms with van der Waals surface area (Å²) in [5, 5.41) is 0.352. The van der Waals surface area contributed by atoms with E-state index in [1.807, 2.05) is 0 Å². The first-order valence-corrected chi connectivity index (χ1v) is 12.9. The van der Waals surface area contributed by atoms with Crippen LogP contribution in [0.25, 0.3) is 10.9 Å². The molecule has 1 saturated carbocycles. The topological polar surface area (TPSA) is 113 Å². The van der Waals surface area contributed by atoms with Crippen LogP contribution in [0.1, 0.15) is 24.0 Å². The van der Waals surface area contributed by atoms with E-state index in [1.54, 1.807) is 18.2 Å². The zero-order valence-electron chi connectivity index (χ0n) is 20.3. The fourth-order valence-electron chi connectivity index (χ4n) is 4.34. The molecule has 9 nitrogen and oxygen atoms in total. The van der Waals surface area contributed by atoms with Crippen LogP contribution in [-0.4, -0.2) is 53.0 Å². The molecule has 204 valence electrons. The summed E-state index contributed by atoms with van der Waals surface area (Å²) >= 11 is 0. The van der Waals surface area contributed by atoms with Crippen molar-refractivity contribution in [1.82, 2.24) is 9.71 Å². The zero-order chi connectivity index (χ0) is 27.4. The van der Waals surface area contributed by atoms with E-state index in [0.717, 1.165) is 0 Å². The predicted octanol–water partition coefficient (Wildman–Crippen LogP) is 3.81. The molecule has 1 heterocycles. The standard InChI is InChI=1S/C25H25F3N2O7S/c1-34-21-8-7-17(13-25(35-14-26,36-15-27)37-16-28)12-19(21)24(9-10-24)23(31)30-38(32,33)22-6-2-5-20-18(22)4-3-11-29-20/h2-8,11-12H,9-10,13-16H2,1H3,(H,30,31). The highest BCUT2D eigenvalue weighted by molar-refractivity contribution is 7.90. The number of sulfonamides is 1. The van der Waals surface area contributed by atoms with Crippen LogP contribution in [0, 0.1) is 0 Å². The number of hydrogen-bond donors (Lipinski definition) is 1.